The fraction of sp³-hybridized carbons (Fsp3) is 0.364. The van der Waals surface area contributed by atoms with Gasteiger partial charge in [0, 0.05) is 5.75 Å². The van der Waals surface area contributed by atoms with Gasteiger partial charge in [-0.05, 0) is 25.1 Å². The van der Waals surface area contributed by atoms with Gasteiger partial charge in [0.2, 0.25) is 0 Å². The van der Waals surface area contributed by atoms with Crippen LogP contribution in [0.2, 0.25) is 0 Å². The molecule has 0 bridgehead atoms. The Morgan fingerprint density at radius 3 is 2.94 bits per heavy atom. The Kier molecular flexibility index (Phi) is 3.56. The summed E-state index contributed by atoms with van der Waals surface area (Å²) in [6.45, 7) is 4.50. The first kappa shape index (κ1) is 11.5. The minimum atomic E-state index is -0.967. The molecule has 3 nitrogen and oxygen atoms in total. The lowest BCUT2D eigenvalue weighted by molar-refractivity contribution is 0.341. The highest BCUT2D eigenvalue weighted by molar-refractivity contribution is 7.87. The van der Waals surface area contributed by atoms with Gasteiger partial charge in [0.15, 0.2) is 4.34 Å². The molecule has 0 amide bonds. The Morgan fingerprint density at radius 2 is 2.25 bits per heavy atom. The van der Waals surface area contributed by atoms with E-state index in [-0.39, 0.29) is 0 Å². The third-order valence-corrected chi connectivity index (χ3v) is 4.73. The number of hydrogen-bond donors (Lipinski definition) is 0. The molecular weight excluding hydrogens is 242 g/mol. The van der Waals surface area contributed by atoms with Crippen molar-refractivity contribution in [2.75, 3.05) is 12.4 Å². The molecule has 1 aromatic carbocycles. The predicted octanol–water partition coefficient (Wildman–Crippen LogP) is 2.82. The summed E-state index contributed by atoms with van der Waals surface area (Å²) < 4.78 is 18.8. The maximum Gasteiger partial charge on any atom is 0.181 e. The van der Waals surface area contributed by atoms with Crippen LogP contribution in [0, 0.1) is 0 Å². The van der Waals surface area contributed by atoms with Gasteiger partial charge in [-0.1, -0.05) is 6.92 Å². The van der Waals surface area contributed by atoms with Gasteiger partial charge in [0.1, 0.15) is 5.75 Å². The summed E-state index contributed by atoms with van der Waals surface area (Å²) in [6.07, 6.45) is 0. The van der Waals surface area contributed by atoms with Crippen LogP contribution >= 0.6 is 11.3 Å². The molecule has 1 atom stereocenters. The van der Waals surface area contributed by atoms with E-state index in [1.807, 2.05) is 32.0 Å². The van der Waals surface area contributed by atoms with E-state index in [0.29, 0.717) is 16.7 Å². The molecule has 0 aliphatic rings. The van der Waals surface area contributed by atoms with Crippen LogP contribution in [0.5, 0.6) is 5.75 Å². The lowest BCUT2D eigenvalue weighted by Gasteiger charge is -2.00. The molecule has 0 aliphatic carbocycles. The Hall–Kier alpha value is -0.940. The number of fused-ring (bicyclic) bond motifs is 1. The topological polar surface area (TPSA) is 39.2 Å². The second kappa shape index (κ2) is 4.93. The van der Waals surface area contributed by atoms with Crippen LogP contribution in [0.3, 0.4) is 0 Å². The van der Waals surface area contributed by atoms with Crippen molar-refractivity contribution in [2.24, 2.45) is 0 Å². The van der Waals surface area contributed by atoms with E-state index in [1.54, 1.807) is 0 Å². The molecule has 1 aromatic heterocycles. The van der Waals surface area contributed by atoms with E-state index < -0.39 is 10.8 Å². The molecule has 0 aliphatic heterocycles. The van der Waals surface area contributed by atoms with Crippen molar-refractivity contribution in [3.8, 4) is 5.75 Å². The van der Waals surface area contributed by atoms with Crippen LogP contribution in [-0.2, 0) is 10.8 Å². The van der Waals surface area contributed by atoms with E-state index in [9.17, 15) is 4.21 Å². The standard InChI is InChI=1S/C11H13NO2S2/c1-3-14-8-5-6-9-10(7-8)15-11(12-9)16(13)4-2/h5-7H,3-4H2,1-2H3. The summed E-state index contributed by atoms with van der Waals surface area (Å²) >= 11 is 1.48. The number of thiazole rings is 1. The summed E-state index contributed by atoms with van der Waals surface area (Å²) in [4.78, 5) is 4.35. The normalized spacial score (nSPS) is 12.9. The lowest BCUT2D eigenvalue weighted by atomic mass is 10.3. The maximum absolute atomic E-state index is 11.6. The second-order valence-electron chi connectivity index (χ2n) is 3.18. The van der Waals surface area contributed by atoms with Gasteiger partial charge in [-0.15, -0.1) is 11.3 Å². The average Bonchev–Trinajstić information content (AvgIpc) is 2.71. The Bertz CT molecular complexity index is 522. The van der Waals surface area contributed by atoms with Crippen LogP contribution in [-0.4, -0.2) is 21.6 Å². The van der Waals surface area contributed by atoms with Gasteiger partial charge in [-0.25, -0.2) is 4.98 Å². The molecule has 1 heterocycles. The molecule has 0 fully saturated rings. The highest BCUT2D eigenvalue weighted by atomic mass is 32.2. The first-order chi connectivity index (χ1) is 7.74. The molecule has 1 unspecified atom stereocenters. The molecule has 0 radical (unpaired) electrons. The predicted molar refractivity (Wildman–Crippen MR) is 67.7 cm³/mol. The van der Waals surface area contributed by atoms with Gasteiger partial charge in [0.25, 0.3) is 0 Å². The van der Waals surface area contributed by atoms with Crippen molar-refractivity contribution < 1.29 is 8.95 Å². The zero-order valence-corrected chi connectivity index (χ0v) is 10.9. The van der Waals surface area contributed by atoms with E-state index >= 15 is 0 Å². The van der Waals surface area contributed by atoms with Gasteiger partial charge in [0.05, 0.1) is 27.6 Å². The molecule has 86 valence electrons. The summed E-state index contributed by atoms with van der Waals surface area (Å²) in [6, 6.07) is 5.75. The molecular formula is C11H13NO2S2. The minimum absolute atomic E-state index is 0.609. The fourth-order valence-corrected chi connectivity index (χ4v) is 3.53. The van der Waals surface area contributed by atoms with Gasteiger partial charge in [-0.2, -0.15) is 0 Å². The minimum Gasteiger partial charge on any atom is -0.494 e. The number of nitrogens with zero attached hydrogens (tertiary/aromatic N) is 1. The molecule has 2 aromatic rings. The van der Waals surface area contributed by atoms with E-state index in [2.05, 4.69) is 4.98 Å². The van der Waals surface area contributed by atoms with Crippen molar-refractivity contribution in [1.29, 1.82) is 0 Å². The van der Waals surface area contributed by atoms with Crippen molar-refractivity contribution in [1.82, 2.24) is 4.98 Å². The molecule has 0 saturated carbocycles. The highest BCUT2D eigenvalue weighted by Gasteiger charge is 2.09. The zero-order valence-electron chi connectivity index (χ0n) is 9.23. The molecule has 0 saturated heterocycles. The third kappa shape index (κ3) is 2.25. The van der Waals surface area contributed by atoms with Crippen molar-refractivity contribution in [3.63, 3.8) is 0 Å². The molecule has 0 spiro atoms. The first-order valence-electron chi connectivity index (χ1n) is 5.16. The number of ether oxygens (including phenoxy) is 1. The summed E-state index contributed by atoms with van der Waals surface area (Å²) in [7, 11) is -0.967. The van der Waals surface area contributed by atoms with Gasteiger partial charge >= 0.3 is 0 Å². The monoisotopic (exact) mass is 255 g/mol. The Morgan fingerprint density at radius 1 is 1.44 bits per heavy atom. The van der Waals surface area contributed by atoms with E-state index in [0.717, 1.165) is 16.0 Å². The van der Waals surface area contributed by atoms with Crippen LogP contribution in [0.4, 0.5) is 0 Å². The highest BCUT2D eigenvalue weighted by Crippen LogP contribution is 2.28. The quantitative estimate of drug-likeness (QED) is 0.843. The molecule has 0 N–H and O–H groups in total. The van der Waals surface area contributed by atoms with Gasteiger partial charge < -0.3 is 4.74 Å². The summed E-state index contributed by atoms with van der Waals surface area (Å²) in [5, 5.41) is 0. The lowest BCUT2D eigenvalue weighted by Crippen LogP contribution is -1.91. The summed E-state index contributed by atoms with van der Waals surface area (Å²) in [5.74, 6) is 1.45. The van der Waals surface area contributed by atoms with Crippen molar-refractivity contribution in [3.05, 3.63) is 18.2 Å². The Balaban J connectivity index is 2.41. The van der Waals surface area contributed by atoms with E-state index in [1.165, 1.54) is 11.3 Å². The maximum atomic E-state index is 11.6. The number of aromatic nitrogens is 1. The van der Waals surface area contributed by atoms with E-state index in [4.69, 9.17) is 4.74 Å². The largest absolute Gasteiger partial charge is 0.494 e. The average molecular weight is 255 g/mol. The van der Waals surface area contributed by atoms with Crippen LogP contribution in [0.25, 0.3) is 10.2 Å². The smallest absolute Gasteiger partial charge is 0.181 e. The molecule has 2 rings (SSSR count). The number of rotatable bonds is 4. The van der Waals surface area contributed by atoms with Crippen molar-refractivity contribution >= 4 is 32.4 Å². The van der Waals surface area contributed by atoms with Crippen LogP contribution < -0.4 is 4.74 Å². The fourth-order valence-electron chi connectivity index (χ4n) is 1.36. The first-order valence-corrected chi connectivity index (χ1v) is 7.30. The molecule has 16 heavy (non-hydrogen) atoms. The summed E-state index contributed by atoms with van der Waals surface area (Å²) in [5.41, 5.74) is 0.894. The third-order valence-electron chi connectivity index (χ3n) is 2.11. The molecule has 5 heteroatoms. The van der Waals surface area contributed by atoms with Crippen molar-refractivity contribution in [2.45, 2.75) is 18.2 Å². The Labute approximate surface area is 101 Å². The number of hydrogen-bond acceptors (Lipinski definition) is 4. The second-order valence-corrected chi connectivity index (χ2v) is 6.12. The van der Waals surface area contributed by atoms with Gasteiger partial charge in [-0.3, -0.25) is 4.21 Å². The number of benzene rings is 1. The zero-order chi connectivity index (χ0) is 11.5. The SMILES string of the molecule is CCOc1ccc2nc(S(=O)CC)sc2c1. The van der Waals surface area contributed by atoms with Crippen LogP contribution in [0.15, 0.2) is 22.5 Å². The van der Waals surface area contributed by atoms with Crippen LogP contribution in [0.1, 0.15) is 13.8 Å².